The van der Waals surface area contributed by atoms with Gasteiger partial charge in [0.05, 0.1) is 51.3 Å². The molecule has 32 atom stereocenters. The van der Waals surface area contributed by atoms with Gasteiger partial charge in [-0.1, -0.05) is 27.7 Å². The first-order valence-electron chi connectivity index (χ1n) is 26.8. The van der Waals surface area contributed by atoms with Crippen molar-refractivity contribution in [1.82, 2.24) is 0 Å². The van der Waals surface area contributed by atoms with E-state index >= 15 is 0 Å². The SMILES string of the molecule is C[C@@H]1CC[C@@]2(OC1)O[C@H]1C[C@H]3[C@@H]4CC[C@@H]5CC(O[C@@H]6O[C@H](CO)[C@H](O[C@@H]7O[C@H](CO)[C@@H](O)[C@H](O[C@@H]8O[C@H](CO)[C@@H](O)[C@H](O)[C@H]8O)[C@H]7O[C@@H]7OC[C@@H](O)[C@H](O)[C@H]7O)[C@H](O)[C@H]6O)CC(O)[C@]5(C)[C@H]4CC[C@]3(C)[C@H]1[C@@H]2C. The van der Waals surface area contributed by atoms with Crippen LogP contribution in [0, 0.1) is 52.3 Å². The Kier molecular flexibility index (Phi) is 16.1. The van der Waals surface area contributed by atoms with Gasteiger partial charge in [0.1, 0.15) is 91.6 Å². The lowest BCUT2D eigenvalue weighted by Crippen LogP contribution is -2.68. The molecular weight excluding hydrogens is 969 g/mol. The molecule has 10 fully saturated rings. The van der Waals surface area contributed by atoms with Crippen molar-refractivity contribution in [3.05, 3.63) is 0 Å². The van der Waals surface area contributed by atoms with E-state index < -0.39 is 167 Å². The fraction of sp³-hybridized carbons (Fsp3) is 1.00. The van der Waals surface area contributed by atoms with E-state index in [4.69, 9.17) is 47.4 Å². The first kappa shape index (κ1) is 55.4. The van der Waals surface area contributed by atoms with E-state index in [9.17, 15) is 66.4 Å². The van der Waals surface area contributed by atoms with Gasteiger partial charge >= 0.3 is 0 Å². The van der Waals surface area contributed by atoms with Crippen LogP contribution in [-0.2, 0) is 47.4 Å². The molecule has 4 saturated carbocycles. The van der Waals surface area contributed by atoms with Gasteiger partial charge in [-0.05, 0) is 91.3 Å². The Bertz CT molecular complexity index is 1860. The lowest BCUT2D eigenvalue weighted by molar-refractivity contribution is -0.403. The van der Waals surface area contributed by atoms with Crippen LogP contribution in [0.5, 0.6) is 0 Å². The van der Waals surface area contributed by atoms with Crippen LogP contribution in [0.3, 0.4) is 0 Å². The molecule has 6 aliphatic heterocycles. The Morgan fingerprint density at radius 2 is 1.16 bits per heavy atom. The van der Waals surface area contributed by atoms with Crippen LogP contribution in [-0.4, -0.2) is 240 Å². The maximum absolute atomic E-state index is 12.3. The highest BCUT2D eigenvalue weighted by molar-refractivity contribution is 5.16. The van der Waals surface area contributed by atoms with E-state index in [1.165, 1.54) is 0 Å². The molecule has 0 amide bonds. The highest BCUT2D eigenvalue weighted by Gasteiger charge is 2.70. The third-order valence-electron chi connectivity index (χ3n) is 20.1. The van der Waals surface area contributed by atoms with Crippen molar-refractivity contribution >= 4 is 0 Å². The molecule has 6 heterocycles. The molecular formula is C50H82O23. The van der Waals surface area contributed by atoms with Crippen LogP contribution in [0.2, 0.25) is 0 Å². The number of hydrogen-bond donors (Lipinski definition) is 13. The molecule has 2 unspecified atom stereocenters. The fourth-order valence-electron chi connectivity index (χ4n) is 15.9. The molecule has 0 bridgehead atoms. The van der Waals surface area contributed by atoms with Crippen LogP contribution in [0.25, 0.3) is 0 Å². The Balaban J connectivity index is 0.821. The fourth-order valence-corrected chi connectivity index (χ4v) is 15.9. The largest absolute Gasteiger partial charge is 0.394 e. The molecule has 0 aromatic heterocycles. The average molecular weight is 1050 g/mol. The molecule has 13 N–H and O–H groups in total. The van der Waals surface area contributed by atoms with Crippen molar-refractivity contribution in [2.45, 2.75) is 226 Å². The van der Waals surface area contributed by atoms with Crippen LogP contribution < -0.4 is 0 Å². The number of hydrogen-bond acceptors (Lipinski definition) is 23. The molecule has 73 heavy (non-hydrogen) atoms. The standard InChI is InChI=1S/C50H82O23/c1-19-7-10-50(65-17-19)20(2)32-27(73-50)13-25-23-6-5-21-11-22(12-31(55)49(21,4)24(23)8-9-48(25,32)3)66-45-40(63)37(60)41(30(16-53)69-45)70-47-43(72-44-38(61)33(56)26(54)18-64-44)42(35(58)29(15-52)68-47)71-46-39(62)36(59)34(57)28(14-51)67-46/h19-47,51-63H,5-18H2,1-4H3/t19-,20+,21-,22?,23-,24+,25+,26-,27+,28-,29-,30-,31?,32+,33+,34-,35-,36+,37-,38-,39-,40-,41+,42+,43-,44+,45-,46+,47+,48+,49+,50-/m1/s1. The zero-order chi connectivity index (χ0) is 52.2. The molecule has 0 aromatic carbocycles. The summed E-state index contributed by atoms with van der Waals surface area (Å²) < 4.78 is 61.2. The summed E-state index contributed by atoms with van der Waals surface area (Å²) in [6.45, 7) is 6.93. The van der Waals surface area contributed by atoms with Crippen molar-refractivity contribution in [2.75, 3.05) is 33.0 Å². The van der Waals surface area contributed by atoms with Gasteiger partial charge in [-0.15, -0.1) is 0 Å². The maximum Gasteiger partial charge on any atom is 0.187 e. The molecule has 6 saturated heterocycles. The van der Waals surface area contributed by atoms with Gasteiger partial charge < -0.3 is 114 Å². The number of rotatable bonds is 11. The lowest BCUT2D eigenvalue weighted by Gasteiger charge is -2.62. The van der Waals surface area contributed by atoms with E-state index in [2.05, 4.69) is 27.7 Å². The topological polar surface area (TPSA) is 355 Å². The molecule has 23 nitrogen and oxygen atoms in total. The summed E-state index contributed by atoms with van der Waals surface area (Å²) in [6.07, 6.45) is -26.9. The second-order valence-electron chi connectivity index (χ2n) is 24.0. The second-order valence-corrected chi connectivity index (χ2v) is 24.0. The highest BCUT2D eigenvalue weighted by atomic mass is 16.8. The first-order chi connectivity index (χ1) is 34.7. The monoisotopic (exact) mass is 1050 g/mol. The summed E-state index contributed by atoms with van der Waals surface area (Å²) in [7, 11) is 0. The smallest absolute Gasteiger partial charge is 0.187 e. The normalized spacial score (nSPS) is 58.2. The number of aliphatic hydroxyl groups excluding tert-OH is 13. The quantitative estimate of drug-likeness (QED) is 0.0902. The summed E-state index contributed by atoms with van der Waals surface area (Å²) >= 11 is 0. The number of ether oxygens (including phenoxy) is 10. The van der Waals surface area contributed by atoms with Crippen molar-refractivity contribution in [2.24, 2.45) is 52.3 Å². The number of aliphatic hydroxyl groups is 13. The van der Waals surface area contributed by atoms with Gasteiger partial charge in [-0.25, -0.2) is 0 Å². The summed E-state index contributed by atoms with van der Waals surface area (Å²) in [5.41, 5.74) is -0.283. The molecule has 0 radical (unpaired) electrons. The Labute approximate surface area is 424 Å². The molecule has 1 spiro atoms. The summed E-state index contributed by atoms with van der Waals surface area (Å²) in [6, 6.07) is 0. The summed E-state index contributed by atoms with van der Waals surface area (Å²) in [5, 5.41) is 141. The van der Waals surface area contributed by atoms with E-state index in [1.54, 1.807) is 0 Å². The van der Waals surface area contributed by atoms with Crippen molar-refractivity contribution < 1.29 is 114 Å². The summed E-state index contributed by atoms with van der Waals surface area (Å²) in [5.74, 6) is 2.03. The van der Waals surface area contributed by atoms with Gasteiger partial charge in [0.2, 0.25) is 0 Å². The predicted octanol–water partition coefficient (Wildman–Crippen LogP) is -3.30. The zero-order valence-electron chi connectivity index (χ0n) is 42.0. The average Bonchev–Trinajstić information content (AvgIpc) is 3.82. The van der Waals surface area contributed by atoms with Gasteiger partial charge in [0.15, 0.2) is 30.9 Å². The van der Waals surface area contributed by atoms with E-state index in [1.807, 2.05) is 0 Å². The minimum atomic E-state index is -1.99. The van der Waals surface area contributed by atoms with Gasteiger partial charge in [-0.2, -0.15) is 0 Å². The number of fused-ring (bicyclic) bond motifs is 7. The molecule has 10 rings (SSSR count). The molecule has 23 heteroatoms. The minimum Gasteiger partial charge on any atom is -0.394 e. The third-order valence-corrected chi connectivity index (χ3v) is 20.1. The predicted molar refractivity (Wildman–Crippen MR) is 244 cm³/mol. The summed E-state index contributed by atoms with van der Waals surface area (Å²) in [4.78, 5) is 0. The van der Waals surface area contributed by atoms with Crippen LogP contribution in [0.15, 0.2) is 0 Å². The third kappa shape index (κ3) is 9.39. The highest BCUT2D eigenvalue weighted by Crippen LogP contribution is 2.71. The van der Waals surface area contributed by atoms with Gasteiger partial charge in [-0.3, -0.25) is 0 Å². The van der Waals surface area contributed by atoms with Crippen molar-refractivity contribution in [3.63, 3.8) is 0 Å². The molecule has 0 aromatic rings. The van der Waals surface area contributed by atoms with E-state index in [0.717, 1.165) is 51.6 Å². The molecule has 10 aliphatic rings. The van der Waals surface area contributed by atoms with E-state index in [0.29, 0.717) is 41.9 Å². The van der Waals surface area contributed by atoms with Gasteiger partial charge in [0, 0.05) is 18.8 Å². The molecule has 4 aliphatic carbocycles. The molecule has 420 valence electrons. The Morgan fingerprint density at radius 3 is 1.86 bits per heavy atom. The van der Waals surface area contributed by atoms with Crippen molar-refractivity contribution in [1.29, 1.82) is 0 Å². The lowest BCUT2D eigenvalue weighted by atomic mass is 9.43. The Hall–Kier alpha value is -0.920. The minimum absolute atomic E-state index is 0.0867. The maximum atomic E-state index is 12.3. The zero-order valence-corrected chi connectivity index (χ0v) is 42.0. The van der Waals surface area contributed by atoms with Gasteiger partial charge in [0.25, 0.3) is 0 Å². The van der Waals surface area contributed by atoms with Crippen LogP contribution in [0.1, 0.15) is 85.5 Å². The van der Waals surface area contributed by atoms with Crippen LogP contribution >= 0.6 is 0 Å². The Morgan fingerprint density at radius 1 is 0.534 bits per heavy atom. The first-order valence-corrected chi connectivity index (χ1v) is 26.8. The van der Waals surface area contributed by atoms with Crippen molar-refractivity contribution in [3.8, 4) is 0 Å². The van der Waals surface area contributed by atoms with E-state index in [-0.39, 0.29) is 23.9 Å². The second kappa shape index (κ2) is 21.3. The van der Waals surface area contributed by atoms with Crippen LogP contribution in [0.4, 0.5) is 0 Å².